The number of halogens is 2. The molecule has 2 saturated heterocycles. The smallest absolute Gasteiger partial charge is 0.325 e. The molecule has 0 bridgehead atoms. The SMILES string of the molecule is Nc1nc2c(nnn2[C@@H]2O[C@H](CO)[C@@H](F)[C@H]2OP(O)(=S)OCC[C@H]2O[C@@H](n3cnc4c(N)ncnc43)[C@@H](F)[C@@H]2O)c(=O)[nH]1. The van der Waals surface area contributed by atoms with Gasteiger partial charge in [0.15, 0.2) is 47.4 Å². The molecule has 1 unspecified atom stereocenters. The molecule has 0 radical (unpaired) electrons. The van der Waals surface area contributed by atoms with E-state index in [2.05, 4.69) is 35.2 Å². The van der Waals surface area contributed by atoms with Gasteiger partial charge < -0.3 is 40.6 Å². The van der Waals surface area contributed by atoms with Crippen molar-refractivity contribution in [1.82, 2.24) is 44.5 Å². The fraction of sp³-hybridized carbons (Fsp3) is 0.550. The average molecular weight is 648 g/mol. The zero-order chi connectivity index (χ0) is 30.6. The van der Waals surface area contributed by atoms with Gasteiger partial charge in [0.2, 0.25) is 5.95 Å². The lowest BCUT2D eigenvalue weighted by Crippen LogP contribution is -2.32. The summed E-state index contributed by atoms with van der Waals surface area (Å²) in [5.74, 6) is -0.200. The molecule has 0 spiro atoms. The van der Waals surface area contributed by atoms with E-state index in [0.717, 1.165) is 4.68 Å². The summed E-state index contributed by atoms with van der Waals surface area (Å²) in [7, 11) is 0. The first kappa shape index (κ1) is 29.7. The average Bonchev–Trinajstić information content (AvgIpc) is 3.71. The number of aliphatic hydroxyl groups excluding tert-OH is 2. The Hall–Kier alpha value is -3.34. The third-order valence-electron chi connectivity index (χ3n) is 6.90. The first-order valence-electron chi connectivity index (χ1n) is 12.6. The lowest BCUT2D eigenvalue weighted by atomic mass is 10.1. The lowest BCUT2D eigenvalue weighted by molar-refractivity contribution is -0.0552. The Morgan fingerprint density at radius 2 is 1.88 bits per heavy atom. The van der Waals surface area contributed by atoms with Crippen LogP contribution in [0.4, 0.5) is 20.5 Å². The molecule has 0 amide bonds. The third-order valence-corrected chi connectivity index (χ3v) is 8.50. The second-order valence-corrected chi connectivity index (χ2v) is 12.4. The maximum Gasteiger partial charge on any atom is 0.325 e. The number of alkyl halides is 2. The van der Waals surface area contributed by atoms with Crippen LogP contribution in [0.15, 0.2) is 17.4 Å². The van der Waals surface area contributed by atoms with Crippen molar-refractivity contribution < 1.29 is 42.4 Å². The molecule has 0 aliphatic carbocycles. The van der Waals surface area contributed by atoms with Gasteiger partial charge in [-0.05, 0) is 11.8 Å². The number of nitrogens with one attached hydrogen (secondary N) is 1. The van der Waals surface area contributed by atoms with E-state index in [0.29, 0.717) is 0 Å². The number of nitrogens with two attached hydrogens (primary N) is 2. The molecule has 0 aromatic carbocycles. The van der Waals surface area contributed by atoms with E-state index >= 15 is 8.78 Å². The van der Waals surface area contributed by atoms with E-state index in [9.17, 15) is 19.9 Å². The molecule has 6 rings (SSSR count). The fourth-order valence-corrected chi connectivity index (χ4v) is 6.32. The summed E-state index contributed by atoms with van der Waals surface area (Å²) in [6.45, 7) is -5.42. The second-order valence-electron chi connectivity index (χ2n) is 9.59. The van der Waals surface area contributed by atoms with Gasteiger partial charge >= 0.3 is 6.72 Å². The van der Waals surface area contributed by atoms with E-state index in [4.69, 9.17) is 41.8 Å². The number of nitrogens with zero attached hydrogens (tertiary/aromatic N) is 8. The molecule has 9 atom stereocenters. The molecular weight excluding hydrogens is 623 g/mol. The summed E-state index contributed by atoms with van der Waals surface area (Å²) >= 11 is 5.06. The first-order chi connectivity index (χ1) is 20.5. The van der Waals surface area contributed by atoms with Crippen molar-refractivity contribution in [3.63, 3.8) is 0 Å². The summed E-state index contributed by atoms with van der Waals surface area (Å²) < 4.78 is 54.5. The van der Waals surface area contributed by atoms with Crippen LogP contribution in [0.1, 0.15) is 18.9 Å². The number of anilines is 2. The van der Waals surface area contributed by atoms with Crippen molar-refractivity contribution in [1.29, 1.82) is 0 Å². The number of hydrogen-bond donors (Lipinski definition) is 6. The summed E-state index contributed by atoms with van der Waals surface area (Å²) in [5, 5.41) is 27.5. The van der Waals surface area contributed by atoms with Crippen LogP contribution in [0.3, 0.4) is 0 Å². The highest BCUT2D eigenvalue weighted by Crippen LogP contribution is 2.50. The molecular formula is C20H24F2N11O8PS. The van der Waals surface area contributed by atoms with Crippen LogP contribution in [0.25, 0.3) is 22.3 Å². The predicted octanol–water partition coefficient (Wildman–Crippen LogP) is -1.65. The molecule has 2 aliphatic heterocycles. The molecule has 4 aromatic rings. The normalized spacial score (nSPS) is 30.8. The van der Waals surface area contributed by atoms with Crippen molar-refractivity contribution in [3.8, 4) is 0 Å². The Morgan fingerprint density at radius 1 is 1.12 bits per heavy atom. The number of aromatic nitrogens is 9. The Kier molecular flexibility index (Phi) is 7.81. The van der Waals surface area contributed by atoms with Gasteiger partial charge in [0.25, 0.3) is 5.56 Å². The van der Waals surface area contributed by atoms with Gasteiger partial charge in [-0.1, -0.05) is 5.21 Å². The highest BCUT2D eigenvalue weighted by molar-refractivity contribution is 8.07. The minimum absolute atomic E-state index is 0.0816. The van der Waals surface area contributed by atoms with E-state index < -0.39 is 74.7 Å². The van der Waals surface area contributed by atoms with Crippen LogP contribution in [0.2, 0.25) is 0 Å². The van der Waals surface area contributed by atoms with Gasteiger partial charge in [0.05, 0.1) is 25.6 Å². The number of rotatable bonds is 9. The Balaban J connectivity index is 1.13. The van der Waals surface area contributed by atoms with Gasteiger partial charge in [-0.3, -0.25) is 18.9 Å². The standard InChI is InChI=1S/C20H24F2N11O8PS/c21-8-7(3-34)40-19(33-16-11(30-31-33)17(36)29-20(24)28-16)13(8)41-42(37,43)38-2-1-6-12(35)9(22)18(39-6)32-5-27-10-14(23)25-4-26-15(10)32/h4-9,12-13,18-19,34-35H,1-3H2,(H,37,43)(H2,23,25,26)(H3,24,28,29,36)/t6-,7-,8-,9+,12-,13-,18-,19-,42?/m1/s1. The van der Waals surface area contributed by atoms with Crippen molar-refractivity contribution >= 4 is 52.6 Å². The number of fused-ring (bicyclic) bond motifs is 2. The van der Waals surface area contributed by atoms with Crippen LogP contribution in [0.5, 0.6) is 0 Å². The van der Waals surface area contributed by atoms with E-state index in [1.165, 1.54) is 17.2 Å². The topological polar surface area (TPSA) is 270 Å². The highest BCUT2D eigenvalue weighted by atomic mass is 32.5. The summed E-state index contributed by atoms with van der Waals surface area (Å²) in [6, 6.07) is 0. The molecule has 2 fully saturated rings. The Bertz CT molecular complexity index is 1760. The van der Waals surface area contributed by atoms with Crippen LogP contribution in [-0.2, 0) is 30.3 Å². The van der Waals surface area contributed by atoms with Gasteiger partial charge in [0.1, 0.15) is 30.2 Å². The lowest BCUT2D eigenvalue weighted by Gasteiger charge is -2.25. The highest BCUT2D eigenvalue weighted by Gasteiger charge is 2.50. The van der Waals surface area contributed by atoms with Crippen molar-refractivity contribution in [3.05, 3.63) is 23.0 Å². The Morgan fingerprint density at radius 3 is 2.65 bits per heavy atom. The number of aromatic amines is 1. The van der Waals surface area contributed by atoms with Crippen molar-refractivity contribution in [2.24, 2.45) is 0 Å². The first-order valence-corrected chi connectivity index (χ1v) is 15.2. The van der Waals surface area contributed by atoms with Crippen LogP contribution >= 0.6 is 6.72 Å². The van der Waals surface area contributed by atoms with Gasteiger partial charge in [0, 0.05) is 6.42 Å². The molecule has 19 nitrogen and oxygen atoms in total. The van der Waals surface area contributed by atoms with Gasteiger partial charge in [-0.25, -0.2) is 23.7 Å². The van der Waals surface area contributed by atoms with E-state index in [1.54, 1.807) is 0 Å². The molecule has 43 heavy (non-hydrogen) atoms. The van der Waals surface area contributed by atoms with Crippen LogP contribution in [0, 0.1) is 0 Å². The van der Waals surface area contributed by atoms with Gasteiger partial charge in [-0.2, -0.15) is 9.67 Å². The molecule has 0 saturated carbocycles. The minimum Gasteiger partial charge on any atom is -0.394 e. The predicted molar refractivity (Wildman–Crippen MR) is 143 cm³/mol. The number of aliphatic hydroxyl groups is 2. The quantitative estimate of drug-likeness (QED) is 0.111. The fourth-order valence-electron chi connectivity index (χ4n) is 4.87. The van der Waals surface area contributed by atoms with Crippen molar-refractivity contribution in [2.75, 3.05) is 24.7 Å². The number of nitrogen functional groups attached to an aromatic ring is 2. The van der Waals surface area contributed by atoms with Gasteiger partial charge in [-0.15, -0.1) is 5.10 Å². The third kappa shape index (κ3) is 5.34. The molecule has 232 valence electrons. The van der Waals surface area contributed by atoms with Crippen LogP contribution in [-0.4, -0.2) is 110 Å². The zero-order valence-electron chi connectivity index (χ0n) is 21.6. The molecule has 23 heteroatoms. The minimum atomic E-state index is -4.25. The summed E-state index contributed by atoms with van der Waals surface area (Å²) in [5.41, 5.74) is 10.7. The maximum atomic E-state index is 15.3. The zero-order valence-corrected chi connectivity index (χ0v) is 23.3. The van der Waals surface area contributed by atoms with Crippen molar-refractivity contribution in [2.45, 2.75) is 55.6 Å². The largest absolute Gasteiger partial charge is 0.394 e. The van der Waals surface area contributed by atoms with E-state index in [-0.39, 0.29) is 40.5 Å². The molecule has 2 aliphatic rings. The number of imidazole rings is 1. The molecule has 4 aromatic heterocycles. The Labute approximate surface area is 243 Å². The number of H-pyrrole nitrogens is 1. The second kappa shape index (κ2) is 11.3. The number of hydrogen-bond acceptors (Lipinski definition) is 16. The monoisotopic (exact) mass is 647 g/mol. The van der Waals surface area contributed by atoms with Crippen LogP contribution < -0.4 is 17.0 Å². The summed E-state index contributed by atoms with van der Waals surface area (Å²) in [6.07, 6.45) is -10.3. The molecule has 6 heterocycles. The summed E-state index contributed by atoms with van der Waals surface area (Å²) in [4.78, 5) is 41.0. The maximum absolute atomic E-state index is 15.3. The number of ether oxygens (including phenoxy) is 2. The molecule has 8 N–H and O–H groups in total. The van der Waals surface area contributed by atoms with E-state index in [1.807, 2.05) is 0 Å².